The minimum Gasteiger partial charge on any atom is -0.375 e. The van der Waals surface area contributed by atoms with Crippen LogP contribution in [-0.4, -0.2) is 10.2 Å². The number of nitrogens with one attached hydrogen (secondary N) is 2. The molecule has 0 radical (unpaired) electrons. The molecule has 1 atom stereocenters. The third-order valence-electron chi connectivity index (χ3n) is 3.30. The third kappa shape index (κ3) is 2.36. The minimum absolute atomic E-state index is 0.328. The molecule has 1 aromatic carbocycles. The van der Waals surface area contributed by atoms with Crippen LogP contribution in [0.4, 0.5) is 5.69 Å². The molecule has 2 aromatic heterocycles. The van der Waals surface area contributed by atoms with E-state index < -0.39 is 0 Å². The number of aromatic nitrogens is 2. The number of para-hydroxylation sites is 1. The maximum atomic E-state index is 4.11. The van der Waals surface area contributed by atoms with E-state index in [1.165, 1.54) is 4.88 Å². The smallest absolute Gasteiger partial charge is 0.0881 e. The molecule has 1 unspecified atom stereocenters. The number of anilines is 1. The van der Waals surface area contributed by atoms with Gasteiger partial charge in [0.15, 0.2) is 0 Å². The van der Waals surface area contributed by atoms with E-state index in [1.54, 1.807) is 11.3 Å². The van der Waals surface area contributed by atoms with Crippen molar-refractivity contribution in [1.29, 1.82) is 0 Å². The Bertz CT molecular complexity index is 655. The van der Waals surface area contributed by atoms with Crippen LogP contribution in [0.1, 0.15) is 24.8 Å². The van der Waals surface area contributed by atoms with Gasteiger partial charge in [0.05, 0.1) is 23.4 Å². The molecular weight excluding hydrogens is 254 g/mol. The summed E-state index contributed by atoms with van der Waals surface area (Å²) in [5, 5.41) is 14.1. The summed E-state index contributed by atoms with van der Waals surface area (Å²) in [5.74, 6) is 0.525. The molecule has 0 saturated heterocycles. The minimum atomic E-state index is 0.328. The predicted octanol–water partition coefficient (Wildman–Crippen LogP) is 4.43. The lowest BCUT2D eigenvalue weighted by Crippen LogP contribution is -2.15. The zero-order valence-corrected chi connectivity index (χ0v) is 11.9. The van der Waals surface area contributed by atoms with Gasteiger partial charge in [-0.05, 0) is 23.4 Å². The number of fused-ring (bicyclic) bond motifs is 1. The van der Waals surface area contributed by atoms with Gasteiger partial charge in [0.25, 0.3) is 0 Å². The van der Waals surface area contributed by atoms with Crippen molar-refractivity contribution in [2.24, 2.45) is 5.92 Å². The molecule has 4 heteroatoms. The fourth-order valence-electron chi connectivity index (χ4n) is 2.29. The van der Waals surface area contributed by atoms with Crippen LogP contribution in [0.15, 0.2) is 41.9 Å². The number of aromatic amines is 1. The Kier molecular flexibility index (Phi) is 3.25. The number of hydrogen-bond donors (Lipinski definition) is 2. The van der Waals surface area contributed by atoms with Crippen LogP contribution in [-0.2, 0) is 0 Å². The van der Waals surface area contributed by atoms with E-state index in [9.17, 15) is 0 Å². The maximum Gasteiger partial charge on any atom is 0.0881 e. The molecule has 0 aliphatic rings. The topological polar surface area (TPSA) is 40.7 Å². The van der Waals surface area contributed by atoms with Gasteiger partial charge in [0.2, 0.25) is 0 Å². The van der Waals surface area contributed by atoms with Gasteiger partial charge in [-0.25, -0.2) is 0 Å². The number of rotatable bonds is 4. The molecule has 2 N–H and O–H groups in total. The monoisotopic (exact) mass is 271 g/mol. The van der Waals surface area contributed by atoms with Crippen molar-refractivity contribution in [2.45, 2.75) is 19.9 Å². The molecule has 0 fully saturated rings. The highest BCUT2D eigenvalue weighted by atomic mass is 32.1. The predicted molar refractivity (Wildman–Crippen MR) is 81.6 cm³/mol. The standard InChI is InChI=1S/C15H17N3S/c1-10(2)14(13-7-4-8-19-13)17-12-6-3-5-11-9-16-18-15(11)12/h3-10,14,17H,1-2H3,(H,16,18). The molecule has 0 amide bonds. The molecule has 3 aromatic rings. The molecule has 0 saturated carbocycles. The van der Waals surface area contributed by atoms with Crippen molar-refractivity contribution >= 4 is 27.9 Å². The first-order chi connectivity index (χ1) is 9.25. The van der Waals surface area contributed by atoms with Crippen LogP contribution in [0.2, 0.25) is 0 Å². The van der Waals surface area contributed by atoms with Gasteiger partial charge in [-0.2, -0.15) is 5.10 Å². The number of thiophene rings is 1. The lowest BCUT2D eigenvalue weighted by atomic mass is 10.0. The molecule has 0 spiro atoms. The first-order valence-electron chi connectivity index (χ1n) is 6.48. The van der Waals surface area contributed by atoms with E-state index in [2.05, 4.69) is 65.1 Å². The number of hydrogen-bond acceptors (Lipinski definition) is 3. The zero-order chi connectivity index (χ0) is 13.2. The van der Waals surface area contributed by atoms with Gasteiger partial charge >= 0.3 is 0 Å². The average Bonchev–Trinajstić information content (AvgIpc) is 3.06. The highest BCUT2D eigenvalue weighted by Gasteiger charge is 2.17. The van der Waals surface area contributed by atoms with Gasteiger partial charge in [0, 0.05) is 10.3 Å². The van der Waals surface area contributed by atoms with Crippen LogP contribution >= 0.6 is 11.3 Å². The first-order valence-corrected chi connectivity index (χ1v) is 7.35. The Balaban J connectivity index is 1.96. The van der Waals surface area contributed by atoms with Crippen LogP contribution < -0.4 is 5.32 Å². The second-order valence-corrected chi connectivity index (χ2v) is 6.00. The van der Waals surface area contributed by atoms with Crippen molar-refractivity contribution in [3.05, 3.63) is 46.8 Å². The summed E-state index contributed by atoms with van der Waals surface area (Å²) in [6, 6.07) is 10.9. The number of nitrogens with zero attached hydrogens (tertiary/aromatic N) is 1. The fourth-order valence-corrected chi connectivity index (χ4v) is 3.24. The molecule has 3 rings (SSSR count). The van der Waals surface area contributed by atoms with E-state index in [0.717, 1.165) is 16.6 Å². The molecule has 0 aliphatic carbocycles. The Hall–Kier alpha value is -1.81. The van der Waals surface area contributed by atoms with E-state index in [4.69, 9.17) is 0 Å². The van der Waals surface area contributed by atoms with Crippen LogP contribution in [0.25, 0.3) is 10.9 Å². The SMILES string of the molecule is CC(C)C(Nc1cccc2cn[nH]c12)c1cccs1. The van der Waals surface area contributed by atoms with Gasteiger partial charge < -0.3 is 5.32 Å². The molecule has 98 valence electrons. The summed E-state index contributed by atoms with van der Waals surface area (Å²) in [5.41, 5.74) is 2.19. The lowest BCUT2D eigenvalue weighted by Gasteiger charge is -2.22. The molecule has 19 heavy (non-hydrogen) atoms. The summed E-state index contributed by atoms with van der Waals surface area (Å²) in [7, 11) is 0. The first kappa shape index (κ1) is 12.2. The summed E-state index contributed by atoms with van der Waals surface area (Å²) in [6.07, 6.45) is 1.86. The molecule has 0 bridgehead atoms. The quantitative estimate of drug-likeness (QED) is 0.736. The summed E-state index contributed by atoms with van der Waals surface area (Å²) < 4.78 is 0. The Labute approximate surface area is 116 Å². The normalized spacial score (nSPS) is 13.0. The van der Waals surface area contributed by atoms with Crippen LogP contribution in [0.3, 0.4) is 0 Å². The number of H-pyrrole nitrogens is 1. The Morgan fingerprint density at radius 1 is 1.21 bits per heavy atom. The number of benzene rings is 1. The summed E-state index contributed by atoms with van der Waals surface area (Å²) >= 11 is 1.80. The van der Waals surface area contributed by atoms with Crippen molar-refractivity contribution in [3.63, 3.8) is 0 Å². The van der Waals surface area contributed by atoms with Gasteiger partial charge in [0.1, 0.15) is 0 Å². The largest absolute Gasteiger partial charge is 0.375 e. The summed E-state index contributed by atoms with van der Waals surface area (Å²) in [6.45, 7) is 4.48. The highest BCUT2D eigenvalue weighted by molar-refractivity contribution is 7.10. The second kappa shape index (κ2) is 5.05. The third-order valence-corrected chi connectivity index (χ3v) is 4.26. The van der Waals surface area contributed by atoms with Gasteiger partial charge in [-0.15, -0.1) is 11.3 Å². The second-order valence-electron chi connectivity index (χ2n) is 5.02. The lowest BCUT2D eigenvalue weighted by molar-refractivity contribution is 0.554. The van der Waals surface area contributed by atoms with Gasteiger partial charge in [-0.3, -0.25) is 5.10 Å². The molecular formula is C15H17N3S. The molecule has 0 aliphatic heterocycles. The van der Waals surface area contributed by atoms with E-state index in [1.807, 2.05) is 6.20 Å². The van der Waals surface area contributed by atoms with Crippen LogP contribution in [0.5, 0.6) is 0 Å². The van der Waals surface area contributed by atoms with E-state index in [-0.39, 0.29) is 0 Å². The summed E-state index contributed by atoms with van der Waals surface area (Å²) in [4.78, 5) is 1.37. The zero-order valence-electron chi connectivity index (χ0n) is 11.1. The fraction of sp³-hybridized carbons (Fsp3) is 0.267. The highest BCUT2D eigenvalue weighted by Crippen LogP contribution is 2.31. The Morgan fingerprint density at radius 2 is 2.11 bits per heavy atom. The van der Waals surface area contributed by atoms with Gasteiger partial charge in [-0.1, -0.05) is 32.0 Å². The van der Waals surface area contributed by atoms with E-state index in [0.29, 0.717) is 12.0 Å². The van der Waals surface area contributed by atoms with Crippen LogP contribution in [0, 0.1) is 5.92 Å². The van der Waals surface area contributed by atoms with Crippen molar-refractivity contribution in [2.75, 3.05) is 5.32 Å². The maximum absolute atomic E-state index is 4.11. The van der Waals surface area contributed by atoms with Crippen molar-refractivity contribution in [3.8, 4) is 0 Å². The Morgan fingerprint density at radius 3 is 2.84 bits per heavy atom. The average molecular weight is 271 g/mol. The molecule has 2 heterocycles. The van der Waals surface area contributed by atoms with Crippen molar-refractivity contribution in [1.82, 2.24) is 10.2 Å². The molecule has 3 nitrogen and oxygen atoms in total. The van der Waals surface area contributed by atoms with Crippen molar-refractivity contribution < 1.29 is 0 Å². The van der Waals surface area contributed by atoms with E-state index >= 15 is 0 Å².